The third kappa shape index (κ3) is 6.92. The third-order valence-corrected chi connectivity index (χ3v) is 11.7. The normalized spacial score (nSPS) is 21.4. The summed E-state index contributed by atoms with van der Waals surface area (Å²) in [5.41, 5.74) is 9.65. The van der Waals surface area contributed by atoms with Gasteiger partial charge in [-0.15, -0.1) is 0 Å². The van der Waals surface area contributed by atoms with Crippen LogP contribution in [-0.2, 0) is 27.9 Å². The van der Waals surface area contributed by atoms with Crippen molar-refractivity contribution in [2.75, 3.05) is 6.61 Å². The highest BCUT2D eigenvalue weighted by atomic mass is 16.6. The number of ether oxygens (including phenoxy) is 2. The molecule has 3 atom stereocenters. The molecule has 0 N–H and O–H groups in total. The average molecular weight is 697 g/mol. The van der Waals surface area contributed by atoms with Crippen molar-refractivity contribution < 1.29 is 19.1 Å². The van der Waals surface area contributed by atoms with Crippen LogP contribution in [0.4, 0.5) is 0 Å². The molecule has 1 aromatic heterocycles. The SMILES string of the molecule is CC(C)c1ccc2c(c1)CC[C@H]1[C@@](C)(Cn3c(-c4cccc(OCC(=O)OC(C)(C)C)c4)nc4cc(-c5cccc(C=O)c5)ccc43)CCC[C@]21C. The van der Waals surface area contributed by atoms with Crippen molar-refractivity contribution in [2.45, 2.75) is 104 Å². The second-order valence-corrected chi connectivity index (χ2v) is 17.0. The van der Waals surface area contributed by atoms with E-state index in [2.05, 4.69) is 74.7 Å². The van der Waals surface area contributed by atoms with Crippen molar-refractivity contribution in [3.63, 3.8) is 0 Å². The monoisotopic (exact) mass is 696 g/mol. The predicted octanol–water partition coefficient (Wildman–Crippen LogP) is 10.7. The van der Waals surface area contributed by atoms with Crippen molar-refractivity contribution in [2.24, 2.45) is 11.3 Å². The van der Waals surface area contributed by atoms with E-state index in [9.17, 15) is 9.59 Å². The molecule has 0 amide bonds. The van der Waals surface area contributed by atoms with Gasteiger partial charge >= 0.3 is 5.97 Å². The number of fused-ring (bicyclic) bond motifs is 4. The summed E-state index contributed by atoms with van der Waals surface area (Å²) >= 11 is 0. The van der Waals surface area contributed by atoms with Gasteiger partial charge in [-0.3, -0.25) is 4.79 Å². The molecule has 0 aliphatic heterocycles. The van der Waals surface area contributed by atoms with Gasteiger partial charge in [0.25, 0.3) is 0 Å². The highest BCUT2D eigenvalue weighted by Crippen LogP contribution is 2.58. The van der Waals surface area contributed by atoms with Gasteiger partial charge in [0.1, 0.15) is 23.5 Å². The van der Waals surface area contributed by atoms with E-state index in [0.717, 1.165) is 59.2 Å². The number of hydrogen-bond acceptors (Lipinski definition) is 5. The Balaban J connectivity index is 1.29. The average Bonchev–Trinajstić information content (AvgIpc) is 3.46. The van der Waals surface area contributed by atoms with Gasteiger partial charge in [-0.1, -0.05) is 88.7 Å². The lowest BCUT2D eigenvalue weighted by Crippen LogP contribution is -2.50. The van der Waals surface area contributed by atoms with Gasteiger partial charge in [-0.2, -0.15) is 0 Å². The van der Waals surface area contributed by atoms with Gasteiger partial charge in [0.15, 0.2) is 6.61 Å². The maximum absolute atomic E-state index is 12.5. The van der Waals surface area contributed by atoms with Crippen LogP contribution < -0.4 is 4.74 Å². The second kappa shape index (κ2) is 13.7. The molecule has 52 heavy (non-hydrogen) atoms. The molecule has 2 aliphatic carbocycles. The lowest BCUT2D eigenvalue weighted by Gasteiger charge is -2.56. The van der Waals surface area contributed by atoms with Gasteiger partial charge in [-0.25, -0.2) is 9.78 Å². The molecule has 1 fully saturated rings. The van der Waals surface area contributed by atoms with Crippen LogP contribution in [0.15, 0.2) is 84.9 Å². The Labute approximate surface area is 308 Å². The van der Waals surface area contributed by atoms with Crippen LogP contribution in [0.3, 0.4) is 0 Å². The van der Waals surface area contributed by atoms with E-state index < -0.39 is 11.6 Å². The standard InChI is InChI=1S/C46H52N2O4/c1-30(2)32-15-18-38-35(24-32)17-20-41-45(6,21-10-22-46(38,41)7)29-48-40-19-16-34(33-12-8-11-31(23-33)27-49)26-39(40)47-43(48)36-13-9-14-37(25-36)51-28-42(50)52-44(3,4)5/h8-9,11-16,18-19,23-27,30,41H,10,17,20-22,28-29H2,1-7H3/t41-,45+,46+/m0/s1. The van der Waals surface area contributed by atoms with Crippen molar-refractivity contribution in [3.8, 4) is 28.3 Å². The largest absolute Gasteiger partial charge is 0.482 e. The number of aryl methyl sites for hydroxylation is 1. The lowest BCUT2D eigenvalue weighted by atomic mass is 9.49. The van der Waals surface area contributed by atoms with Gasteiger partial charge in [0.2, 0.25) is 0 Å². The fraction of sp³-hybridized carbons (Fsp3) is 0.413. The quantitative estimate of drug-likeness (QED) is 0.113. The van der Waals surface area contributed by atoms with Gasteiger partial charge in [-0.05, 0) is 127 Å². The van der Waals surface area contributed by atoms with Gasteiger partial charge in [0, 0.05) is 17.7 Å². The first kappa shape index (κ1) is 35.7. The van der Waals surface area contributed by atoms with Crippen molar-refractivity contribution in [1.82, 2.24) is 9.55 Å². The van der Waals surface area contributed by atoms with E-state index in [0.29, 0.717) is 23.1 Å². The number of carbonyl (C=O) groups is 2. The summed E-state index contributed by atoms with van der Waals surface area (Å²) < 4.78 is 13.9. The number of aromatic nitrogens is 2. The topological polar surface area (TPSA) is 70.4 Å². The zero-order valence-electron chi connectivity index (χ0n) is 31.8. The Kier molecular flexibility index (Phi) is 9.39. The van der Waals surface area contributed by atoms with Crippen molar-refractivity contribution in [1.29, 1.82) is 0 Å². The number of nitrogens with zero attached hydrogens (tertiary/aromatic N) is 2. The fourth-order valence-corrected chi connectivity index (χ4v) is 9.27. The van der Waals surface area contributed by atoms with E-state index >= 15 is 0 Å². The Morgan fingerprint density at radius 3 is 2.48 bits per heavy atom. The van der Waals surface area contributed by atoms with Crippen LogP contribution >= 0.6 is 0 Å². The fourth-order valence-electron chi connectivity index (χ4n) is 9.27. The summed E-state index contributed by atoms with van der Waals surface area (Å²) in [7, 11) is 0. The number of aldehydes is 1. The van der Waals surface area contributed by atoms with Gasteiger partial charge in [0.05, 0.1) is 11.0 Å². The van der Waals surface area contributed by atoms with Crippen LogP contribution in [0.25, 0.3) is 33.5 Å². The molecule has 2 aliphatic rings. The highest BCUT2D eigenvalue weighted by molar-refractivity contribution is 5.87. The van der Waals surface area contributed by atoms with Crippen molar-refractivity contribution in [3.05, 3.63) is 107 Å². The van der Waals surface area contributed by atoms with E-state index in [1.165, 1.54) is 30.4 Å². The molecular formula is C46H52N2O4. The van der Waals surface area contributed by atoms with E-state index in [1.54, 1.807) is 5.56 Å². The maximum Gasteiger partial charge on any atom is 0.344 e. The molecule has 1 heterocycles. The number of benzene rings is 4. The number of esters is 1. The molecule has 0 spiro atoms. The smallest absolute Gasteiger partial charge is 0.344 e. The number of hydrogen-bond donors (Lipinski definition) is 0. The summed E-state index contributed by atoms with van der Waals surface area (Å²) in [4.78, 5) is 29.4. The van der Waals surface area contributed by atoms with Crippen LogP contribution in [0.1, 0.15) is 107 Å². The summed E-state index contributed by atoms with van der Waals surface area (Å²) in [6.45, 7) is 15.8. The minimum absolute atomic E-state index is 0.0333. The Morgan fingerprint density at radius 1 is 0.942 bits per heavy atom. The molecule has 0 radical (unpaired) electrons. The molecule has 270 valence electrons. The molecule has 0 unspecified atom stereocenters. The molecule has 7 rings (SSSR count). The minimum Gasteiger partial charge on any atom is -0.482 e. The molecule has 0 bridgehead atoms. The number of imidazole rings is 1. The third-order valence-electron chi connectivity index (χ3n) is 11.7. The van der Waals surface area contributed by atoms with E-state index in [4.69, 9.17) is 14.5 Å². The first-order valence-electron chi connectivity index (χ1n) is 18.9. The molecule has 6 nitrogen and oxygen atoms in total. The summed E-state index contributed by atoms with van der Waals surface area (Å²) in [6.07, 6.45) is 6.72. The van der Waals surface area contributed by atoms with Crippen LogP contribution in [0, 0.1) is 11.3 Å². The molecule has 5 aromatic rings. The second-order valence-electron chi connectivity index (χ2n) is 17.0. The van der Waals surface area contributed by atoms with Crippen LogP contribution in [0.5, 0.6) is 5.75 Å². The first-order chi connectivity index (χ1) is 24.8. The Bertz CT molecular complexity index is 2140. The van der Waals surface area contributed by atoms with Crippen LogP contribution in [-0.4, -0.2) is 34.0 Å². The van der Waals surface area contributed by atoms with E-state index in [1.807, 2.05) is 63.2 Å². The number of carbonyl (C=O) groups excluding carboxylic acids is 2. The molecule has 1 saturated carbocycles. The molecule has 6 heteroatoms. The van der Waals surface area contributed by atoms with Crippen molar-refractivity contribution >= 4 is 23.3 Å². The Hall–Kier alpha value is -4.71. The zero-order valence-corrected chi connectivity index (χ0v) is 31.8. The minimum atomic E-state index is -0.580. The molecular weight excluding hydrogens is 645 g/mol. The Morgan fingerprint density at radius 2 is 1.71 bits per heavy atom. The summed E-state index contributed by atoms with van der Waals surface area (Å²) in [5, 5.41) is 0. The highest BCUT2D eigenvalue weighted by Gasteiger charge is 2.52. The van der Waals surface area contributed by atoms with Gasteiger partial charge < -0.3 is 14.0 Å². The predicted molar refractivity (Wildman–Crippen MR) is 209 cm³/mol. The molecule has 0 saturated heterocycles. The zero-order chi connectivity index (χ0) is 36.8. The maximum atomic E-state index is 12.5. The van der Waals surface area contributed by atoms with E-state index in [-0.39, 0.29) is 17.4 Å². The lowest BCUT2D eigenvalue weighted by molar-refractivity contribution is -0.157. The number of rotatable bonds is 9. The summed E-state index contributed by atoms with van der Waals surface area (Å²) in [5.74, 6) is 2.11. The summed E-state index contributed by atoms with van der Waals surface area (Å²) in [6, 6.07) is 29.4. The van der Waals surface area contributed by atoms with Crippen LogP contribution in [0.2, 0.25) is 0 Å². The first-order valence-corrected chi connectivity index (χ1v) is 18.9. The molecule has 4 aromatic carbocycles.